The van der Waals surface area contributed by atoms with E-state index in [1.165, 1.54) is 16.7 Å². The molecule has 1 amide bonds. The van der Waals surface area contributed by atoms with E-state index >= 15 is 0 Å². The van der Waals surface area contributed by atoms with Gasteiger partial charge in [-0.15, -0.1) is 5.10 Å². The van der Waals surface area contributed by atoms with Gasteiger partial charge in [-0.05, 0) is 62.4 Å². The number of carbonyl (C=O) groups excluding carboxylic acids is 1. The minimum atomic E-state index is -0.0718. The van der Waals surface area contributed by atoms with Crippen molar-refractivity contribution >= 4 is 22.8 Å². The van der Waals surface area contributed by atoms with Gasteiger partial charge in [-0.1, -0.05) is 35.9 Å². The molecule has 1 aliphatic heterocycles. The number of fused-ring (bicyclic) bond motifs is 1. The molecule has 0 unspecified atom stereocenters. The van der Waals surface area contributed by atoms with Gasteiger partial charge in [-0.3, -0.25) is 4.79 Å². The quantitative estimate of drug-likeness (QED) is 0.487. The number of aryl methyl sites for hydroxylation is 3. The smallest absolute Gasteiger partial charge is 0.225 e. The number of amides is 1. The zero-order valence-corrected chi connectivity index (χ0v) is 20.0. The summed E-state index contributed by atoms with van der Waals surface area (Å²) in [6.07, 6.45) is 5.37. The Balaban J connectivity index is 1.31. The van der Waals surface area contributed by atoms with Gasteiger partial charge < -0.3 is 10.2 Å². The van der Waals surface area contributed by atoms with Crippen LogP contribution in [0.4, 0.5) is 5.82 Å². The molecule has 0 bridgehead atoms. The predicted octanol–water partition coefficient (Wildman–Crippen LogP) is 4.27. The minimum absolute atomic E-state index is 0.0718. The molecule has 1 saturated heterocycles. The molecule has 2 aromatic heterocycles. The van der Waals surface area contributed by atoms with Crippen molar-refractivity contribution in [3.8, 4) is 5.69 Å². The Kier molecular flexibility index (Phi) is 6.01. The molecule has 4 aromatic rings. The van der Waals surface area contributed by atoms with E-state index in [1.54, 1.807) is 6.33 Å². The summed E-state index contributed by atoms with van der Waals surface area (Å²) in [6.45, 7) is 8.32. The average molecular weight is 455 g/mol. The molecule has 7 nitrogen and oxygen atoms in total. The van der Waals surface area contributed by atoms with Crippen LogP contribution in [0.1, 0.15) is 35.1 Å². The van der Waals surface area contributed by atoms with Gasteiger partial charge >= 0.3 is 0 Å². The molecule has 0 saturated carbocycles. The molecule has 5 rings (SSSR count). The summed E-state index contributed by atoms with van der Waals surface area (Å²) in [4.78, 5) is 24.2. The SMILES string of the molecule is Cc1ccc(-n2cc3c(N4CCC[C@H](C(=O)NCc5ccc(C)c(C)c5)C4)ncnc3n2)cc1. The summed E-state index contributed by atoms with van der Waals surface area (Å²) < 4.78 is 1.85. The number of anilines is 1. The molecule has 7 heteroatoms. The van der Waals surface area contributed by atoms with E-state index in [0.717, 1.165) is 41.8 Å². The van der Waals surface area contributed by atoms with Crippen molar-refractivity contribution in [3.05, 3.63) is 77.2 Å². The van der Waals surface area contributed by atoms with Gasteiger partial charge in [0.25, 0.3) is 0 Å². The van der Waals surface area contributed by atoms with Crippen LogP contribution < -0.4 is 10.2 Å². The topological polar surface area (TPSA) is 75.9 Å². The van der Waals surface area contributed by atoms with Crippen LogP contribution in [0.3, 0.4) is 0 Å². The number of aromatic nitrogens is 4. The monoisotopic (exact) mass is 454 g/mol. The molecule has 3 heterocycles. The zero-order valence-electron chi connectivity index (χ0n) is 20.0. The Hall–Kier alpha value is -3.74. The summed E-state index contributed by atoms with van der Waals surface area (Å²) in [7, 11) is 0. The lowest BCUT2D eigenvalue weighted by Crippen LogP contribution is -2.43. The van der Waals surface area contributed by atoms with Crippen LogP contribution in [0.25, 0.3) is 16.7 Å². The van der Waals surface area contributed by atoms with Crippen molar-refractivity contribution in [2.24, 2.45) is 5.92 Å². The van der Waals surface area contributed by atoms with Crippen LogP contribution in [0.2, 0.25) is 0 Å². The van der Waals surface area contributed by atoms with Gasteiger partial charge in [0.05, 0.1) is 17.0 Å². The number of rotatable bonds is 5. The third kappa shape index (κ3) is 4.51. The van der Waals surface area contributed by atoms with Crippen LogP contribution in [0.5, 0.6) is 0 Å². The zero-order chi connectivity index (χ0) is 23.7. The van der Waals surface area contributed by atoms with Crippen molar-refractivity contribution in [2.45, 2.75) is 40.2 Å². The van der Waals surface area contributed by atoms with Gasteiger partial charge in [-0.2, -0.15) is 0 Å². The maximum Gasteiger partial charge on any atom is 0.225 e. The van der Waals surface area contributed by atoms with Gasteiger partial charge in [0.15, 0.2) is 5.65 Å². The maximum atomic E-state index is 13.0. The van der Waals surface area contributed by atoms with Gasteiger partial charge in [0.2, 0.25) is 5.91 Å². The highest BCUT2D eigenvalue weighted by atomic mass is 16.1. The minimum Gasteiger partial charge on any atom is -0.355 e. The van der Waals surface area contributed by atoms with E-state index in [4.69, 9.17) is 0 Å². The number of piperidine rings is 1. The standard InChI is InChI=1S/C27H30N6O/c1-18-6-10-23(11-7-18)33-16-24-25(31-33)29-17-30-26(24)32-12-4-5-22(15-32)27(34)28-14-21-9-8-19(2)20(3)13-21/h6-11,13,16-17,22H,4-5,12,14-15H2,1-3H3,(H,28,34)/t22-/m0/s1. The van der Waals surface area contributed by atoms with E-state index in [0.29, 0.717) is 18.7 Å². The second kappa shape index (κ2) is 9.25. The Labute approximate surface area is 199 Å². The van der Waals surface area contributed by atoms with E-state index in [-0.39, 0.29) is 11.8 Å². The number of benzene rings is 2. The molecule has 1 atom stereocenters. The van der Waals surface area contributed by atoms with Crippen molar-refractivity contribution in [3.63, 3.8) is 0 Å². The van der Waals surface area contributed by atoms with E-state index in [2.05, 4.69) is 76.4 Å². The first-order valence-electron chi connectivity index (χ1n) is 11.8. The van der Waals surface area contributed by atoms with Crippen molar-refractivity contribution in [1.82, 2.24) is 25.1 Å². The molecular weight excluding hydrogens is 424 g/mol. The number of nitrogens with one attached hydrogen (secondary N) is 1. The second-order valence-corrected chi connectivity index (χ2v) is 9.27. The van der Waals surface area contributed by atoms with E-state index < -0.39 is 0 Å². The average Bonchev–Trinajstić information content (AvgIpc) is 3.29. The summed E-state index contributed by atoms with van der Waals surface area (Å²) in [5.74, 6) is 0.871. The molecule has 34 heavy (non-hydrogen) atoms. The summed E-state index contributed by atoms with van der Waals surface area (Å²) >= 11 is 0. The number of hydrogen-bond acceptors (Lipinski definition) is 5. The molecule has 1 N–H and O–H groups in total. The second-order valence-electron chi connectivity index (χ2n) is 9.27. The van der Waals surface area contributed by atoms with Crippen molar-refractivity contribution < 1.29 is 4.79 Å². The Morgan fingerprint density at radius 3 is 2.68 bits per heavy atom. The first-order valence-corrected chi connectivity index (χ1v) is 11.8. The van der Waals surface area contributed by atoms with Crippen LogP contribution in [-0.4, -0.2) is 38.7 Å². The van der Waals surface area contributed by atoms with Crippen molar-refractivity contribution in [2.75, 3.05) is 18.0 Å². The molecule has 0 spiro atoms. The van der Waals surface area contributed by atoms with Crippen LogP contribution in [0, 0.1) is 26.7 Å². The third-order valence-corrected chi connectivity index (χ3v) is 6.72. The van der Waals surface area contributed by atoms with E-state index in [1.807, 2.05) is 23.0 Å². The molecular formula is C27H30N6O. The summed E-state index contributed by atoms with van der Waals surface area (Å²) in [6, 6.07) is 14.6. The lowest BCUT2D eigenvalue weighted by atomic mass is 9.96. The van der Waals surface area contributed by atoms with Crippen molar-refractivity contribution in [1.29, 1.82) is 0 Å². The number of nitrogens with zero attached hydrogens (tertiary/aromatic N) is 5. The van der Waals surface area contributed by atoms with Gasteiger partial charge in [-0.25, -0.2) is 14.6 Å². The highest BCUT2D eigenvalue weighted by molar-refractivity contribution is 5.87. The molecule has 1 fully saturated rings. The fourth-order valence-electron chi connectivity index (χ4n) is 4.54. The lowest BCUT2D eigenvalue weighted by Gasteiger charge is -2.33. The predicted molar refractivity (Wildman–Crippen MR) is 134 cm³/mol. The third-order valence-electron chi connectivity index (χ3n) is 6.72. The van der Waals surface area contributed by atoms with Crippen LogP contribution >= 0.6 is 0 Å². The number of carbonyl (C=O) groups is 1. The highest BCUT2D eigenvalue weighted by Crippen LogP contribution is 2.28. The summed E-state index contributed by atoms with van der Waals surface area (Å²) in [5.41, 5.74) is 6.49. The Bertz CT molecular complexity index is 1330. The first kappa shape index (κ1) is 22.1. The molecule has 0 aliphatic carbocycles. The summed E-state index contributed by atoms with van der Waals surface area (Å²) in [5, 5.41) is 8.70. The normalized spacial score (nSPS) is 16.1. The van der Waals surface area contributed by atoms with Gasteiger partial charge in [0, 0.05) is 25.8 Å². The molecule has 0 radical (unpaired) electrons. The molecule has 174 valence electrons. The first-order chi connectivity index (χ1) is 16.5. The van der Waals surface area contributed by atoms with E-state index in [9.17, 15) is 4.79 Å². The van der Waals surface area contributed by atoms with Crippen LogP contribution in [-0.2, 0) is 11.3 Å². The maximum absolute atomic E-state index is 13.0. The highest BCUT2D eigenvalue weighted by Gasteiger charge is 2.28. The Morgan fingerprint density at radius 2 is 1.88 bits per heavy atom. The van der Waals surface area contributed by atoms with Gasteiger partial charge in [0.1, 0.15) is 12.1 Å². The fourth-order valence-corrected chi connectivity index (χ4v) is 4.54. The number of hydrogen-bond donors (Lipinski definition) is 1. The van der Waals surface area contributed by atoms with Crippen LogP contribution in [0.15, 0.2) is 55.0 Å². The largest absolute Gasteiger partial charge is 0.355 e. The fraction of sp³-hybridized carbons (Fsp3) is 0.333. The Morgan fingerprint density at radius 1 is 1.06 bits per heavy atom. The molecule has 2 aromatic carbocycles. The lowest BCUT2D eigenvalue weighted by molar-refractivity contribution is -0.125. The molecule has 1 aliphatic rings.